The molecule has 4 nitrogen and oxygen atoms in total. The first-order valence-corrected chi connectivity index (χ1v) is 6.20. The van der Waals surface area contributed by atoms with E-state index < -0.39 is 6.10 Å². The Hall–Kier alpha value is -1.10. The van der Waals surface area contributed by atoms with Gasteiger partial charge in [-0.05, 0) is 25.0 Å². The number of likely N-dealkylation sites (N-methyl/N-ethyl adjacent to an activating group) is 1. The van der Waals surface area contributed by atoms with Crippen molar-refractivity contribution in [2.75, 3.05) is 20.2 Å². The van der Waals surface area contributed by atoms with Gasteiger partial charge in [0.05, 0.1) is 0 Å². The van der Waals surface area contributed by atoms with Crippen molar-refractivity contribution >= 4 is 18.3 Å². The summed E-state index contributed by atoms with van der Waals surface area (Å²) < 4.78 is 5.10. The van der Waals surface area contributed by atoms with E-state index in [2.05, 4.69) is 0 Å². The number of methoxy groups -OCH3 is 1. The summed E-state index contributed by atoms with van der Waals surface area (Å²) >= 11 is 0. The van der Waals surface area contributed by atoms with E-state index in [1.807, 2.05) is 38.1 Å². The van der Waals surface area contributed by atoms with Crippen molar-refractivity contribution in [2.45, 2.75) is 26.5 Å². The molecule has 0 heterocycles. The summed E-state index contributed by atoms with van der Waals surface area (Å²) in [6.45, 7) is 5.46. The number of carbonyl (C=O) groups excluding carboxylic acids is 1. The van der Waals surface area contributed by atoms with Crippen LogP contribution in [0.3, 0.4) is 0 Å². The summed E-state index contributed by atoms with van der Waals surface area (Å²) in [7, 11) is 1.51. The number of ether oxygens (including phenoxy) is 1. The highest BCUT2D eigenvalue weighted by Gasteiger charge is 2.22. The Balaban J connectivity index is 0.00000324. The van der Waals surface area contributed by atoms with E-state index in [-0.39, 0.29) is 24.9 Å². The molecule has 0 bridgehead atoms. The van der Waals surface area contributed by atoms with E-state index in [0.717, 1.165) is 5.56 Å². The maximum atomic E-state index is 12.2. The van der Waals surface area contributed by atoms with Gasteiger partial charge >= 0.3 is 0 Å². The number of halogens is 1. The number of nitrogens with zero attached hydrogens (tertiary/aromatic N) is 1. The van der Waals surface area contributed by atoms with Crippen LogP contribution in [0.4, 0.5) is 0 Å². The van der Waals surface area contributed by atoms with Crippen LogP contribution in [0.2, 0.25) is 0 Å². The molecular formula is C14H23ClN2O2. The molecule has 108 valence electrons. The molecule has 0 aliphatic rings. The van der Waals surface area contributed by atoms with Gasteiger partial charge in [-0.1, -0.05) is 24.3 Å². The van der Waals surface area contributed by atoms with Gasteiger partial charge in [-0.3, -0.25) is 4.79 Å². The SMILES string of the molecule is CCN(Cc1ccccc1C)C(=O)C(CN)OC.Cl. The minimum Gasteiger partial charge on any atom is -0.370 e. The lowest BCUT2D eigenvalue weighted by atomic mass is 10.1. The molecule has 0 saturated carbocycles. The number of amides is 1. The summed E-state index contributed by atoms with van der Waals surface area (Å²) in [5.41, 5.74) is 7.87. The lowest BCUT2D eigenvalue weighted by Gasteiger charge is -2.25. The summed E-state index contributed by atoms with van der Waals surface area (Å²) in [5.74, 6) is -0.0502. The molecule has 0 fully saturated rings. The van der Waals surface area contributed by atoms with Crippen LogP contribution in [-0.2, 0) is 16.1 Å². The molecule has 0 saturated heterocycles. The monoisotopic (exact) mass is 286 g/mol. The third kappa shape index (κ3) is 4.82. The highest BCUT2D eigenvalue weighted by atomic mass is 35.5. The summed E-state index contributed by atoms with van der Waals surface area (Å²) in [6, 6.07) is 8.06. The second kappa shape index (κ2) is 8.91. The first-order chi connectivity index (χ1) is 8.63. The zero-order valence-corrected chi connectivity index (χ0v) is 12.6. The smallest absolute Gasteiger partial charge is 0.253 e. The van der Waals surface area contributed by atoms with Crippen LogP contribution < -0.4 is 5.73 Å². The fraction of sp³-hybridized carbons (Fsp3) is 0.500. The van der Waals surface area contributed by atoms with Crippen molar-refractivity contribution in [3.63, 3.8) is 0 Å². The van der Waals surface area contributed by atoms with Crippen LogP contribution in [0.15, 0.2) is 24.3 Å². The van der Waals surface area contributed by atoms with Crippen molar-refractivity contribution in [1.29, 1.82) is 0 Å². The first-order valence-electron chi connectivity index (χ1n) is 6.20. The second-order valence-corrected chi connectivity index (χ2v) is 4.24. The van der Waals surface area contributed by atoms with Crippen molar-refractivity contribution in [3.8, 4) is 0 Å². The topological polar surface area (TPSA) is 55.6 Å². The molecule has 1 aromatic rings. The van der Waals surface area contributed by atoms with Crippen molar-refractivity contribution in [2.24, 2.45) is 5.73 Å². The minimum absolute atomic E-state index is 0. The Bertz CT molecular complexity index is 395. The predicted octanol–water partition coefficient (Wildman–Crippen LogP) is 1.74. The number of aryl methyl sites for hydroxylation is 1. The van der Waals surface area contributed by atoms with Crippen LogP contribution in [-0.4, -0.2) is 37.1 Å². The van der Waals surface area contributed by atoms with E-state index >= 15 is 0 Å². The van der Waals surface area contributed by atoms with Gasteiger partial charge in [-0.25, -0.2) is 0 Å². The third-order valence-corrected chi connectivity index (χ3v) is 3.09. The van der Waals surface area contributed by atoms with E-state index in [0.29, 0.717) is 13.1 Å². The number of hydrogen-bond acceptors (Lipinski definition) is 3. The molecule has 19 heavy (non-hydrogen) atoms. The Morgan fingerprint density at radius 3 is 2.53 bits per heavy atom. The molecule has 1 amide bonds. The van der Waals surface area contributed by atoms with Gasteiger partial charge in [-0.2, -0.15) is 0 Å². The molecule has 0 spiro atoms. The normalized spacial score (nSPS) is 11.6. The van der Waals surface area contributed by atoms with Crippen LogP contribution in [0.1, 0.15) is 18.1 Å². The molecule has 1 atom stereocenters. The highest BCUT2D eigenvalue weighted by molar-refractivity contribution is 5.85. The van der Waals surface area contributed by atoms with E-state index in [1.165, 1.54) is 12.7 Å². The minimum atomic E-state index is -0.547. The maximum absolute atomic E-state index is 12.2. The van der Waals surface area contributed by atoms with Crippen LogP contribution in [0.25, 0.3) is 0 Å². The Morgan fingerprint density at radius 2 is 2.05 bits per heavy atom. The second-order valence-electron chi connectivity index (χ2n) is 4.24. The number of hydrogen-bond donors (Lipinski definition) is 1. The molecule has 0 radical (unpaired) electrons. The molecule has 0 aromatic heterocycles. The number of carbonyl (C=O) groups is 1. The summed E-state index contributed by atoms with van der Waals surface area (Å²) in [4.78, 5) is 13.9. The van der Waals surface area contributed by atoms with Crippen LogP contribution >= 0.6 is 12.4 Å². The average molecular weight is 287 g/mol. The quantitative estimate of drug-likeness (QED) is 0.867. The van der Waals surface area contributed by atoms with E-state index in [1.54, 1.807) is 4.90 Å². The van der Waals surface area contributed by atoms with E-state index in [9.17, 15) is 4.79 Å². The standard InChI is InChI=1S/C14H22N2O2.ClH/c1-4-16(14(17)13(9-15)18-3)10-12-8-6-5-7-11(12)2;/h5-8,13H,4,9-10,15H2,1-3H3;1H. The Morgan fingerprint density at radius 1 is 1.42 bits per heavy atom. The Labute approximate surface area is 121 Å². The molecule has 1 rings (SSSR count). The molecule has 0 aliphatic carbocycles. The average Bonchev–Trinajstić information content (AvgIpc) is 2.39. The summed E-state index contributed by atoms with van der Waals surface area (Å²) in [5, 5.41) is 0. The highest BCUT2D eigenvalue weighted by Crippen LogP contribution is 2.11. The number of benzene rings is 1. The Kier molecular flexibility index (Phi) is 8.39. The zero-order chi connectivity index (χ0) is 13.5. The van der Waals surface area contributed by atoms with Crippen LogP contribution in [0.5, 0.6) is 0 Å². The van der Waals surface area contributed by atoms with Gasteiger partial charge < -0.3 is 15.4 Å². The van der Waals surface area contributed by atoms with Gasteiger partial charge in [0.2, 0.25) is 0 Å². The zero-order valence-electron chi connectivity index (χ0n) is 11.8. The summed E-state index contributed by atoms with van der Waals surface area (Å²) in [6.07, 6.45) is -0.547. The molecular weight excluding hydrogens is 264 g/mol. The third-order valence-electron chi connectivity index (χ3n) is 3.09. The number of nitrogens with two attached hydrogens (primary N) is 1. The fourth-order valence-electron chi connectivity index (χ4n) is 1.84. The lowest BCUT2D eigenvalue weighted by Crippen LogP contribution is -2.43. The maximum Gasteiger partial charge on any atom is 0.253 e. The van der Waals surface area contributed by atoms with Gasteiger partial charge in [0, 0.05) is 26.7 Å². The van der Waals surface area contributed by atoms with Crippen molar-refractivity contribution < 1.29 is 9.53 Å². The van der Waals surface area contributed by atoms with Gasteiger partial charge in [0.1, 0.15) is 6.10 Å². The molecule has 1 unspecified atom stereocenters. The predicted molar refractivity (Wildman–Crippen MR) is 79.4 cm³/mol. The molecule has 0 aliphatic heterocycles. The van der Waals surface area contributed by atoms with Gasteiger partial charge in [-0.15, -0.1) is 12.4 Å². The van der Waals surface area contributed by atoms with Crippen LogP contribution in [0, 0.1) is 6.92 Å². The van der Waals surface area contributed by atoms with Crippen molar-refractivity contribution in [1.82, 2.24) is 4.90 Å². The number of rotatable bonds is 6. The van der Waals surface area contributed by atoms with Crippen molar-refractivity contribution in [3.05, 3.63) is 35.4 Å². The lowest BCUT2D eigenvalue weighted by molar-refractivity contribution is -0.141. The molecule has 2 N–H and O–H groups in total. The first kappa shape index (κ1) is 17.9. The van der Waals surface area contributed by atoms with Gasteiger partial charge in [0.15, 0.2) is 0 Å². The van der Waals surface area contributed by atoms with E-state index in [4.69, 9.17) is 10.5 Å². The fourth-order valence-corrected chi connectivity index (χ4v) is 1.84. The largest absolute Gasteiger partial charge is 0.370 e. The molecule has 1 aromatic carbocycles. The van der Waals surface area contributed by atoms with Gasteiger partial charge in [0.25, 0.3) is 5.91 Å². The molecule has 5 heteroatoms.